The SMILES string of the molecule is CC(NC(=O)C(Cc1ccccc1)NC(=O)Cc1ccccc1)C(=O)C(=O)NC(Cc1ccccc1)C(=O)NC(Cc1ccc(C(C)(C)C)cc1)C(N)=O. The van der Waals surface area contributed by atoms with Crippen molar-refractivity contribution >= 4 is 35.3 Å². The van der Waals surface area contributed by atoms with E-state index < -0.39 is 53.6 Å². The molecule has 0 spiro atoms. The molecule has 0 aliphatic rings. The summed E-state index contributed by atoms with van der Waals surface area (Å²) in [5.41, 5.74) is 9.74. The minimum Gasteiger partial charge on any atom is -0.368 e. The Morgan fingerprint density at radius 2 is 0.963 bits per heavy atom. The van der Waals surface area contributed by atoms with E-state index in [1.807, 2.05) is 72.8 Å². The van der Waals surface area contributed by atoms with Gasteiger partial charge in [0.05, 0.1) is 12.5 Å². The number of rotatable bonds is 17. The molecular formula is C43H49N5O6. The molecule has 4 rings (SSSR count). The maximum absolute atomic E-state index is 13.7. The van der Waals surface area contributed by atoms with Gasteiger partial charge in [0, 0.05) is 19.3 Å². The molecule has 54 heavy (non-hydrogen) atoms. The molecule has 0 fully saturated rings. The van der Waals surface area contributed by atoms with Crippen LogP contribution in [0, 0.1) is 0 Å². The second-order valence-electron chi connectivity index (χ2n) is 14.4. The number of hydrogen-bond acceptors (Lipinski definition) is 6. The van der Waals surface area contributed by atoms with Crippen LogP contribution in [0.25, 0.3) is 0 Å². The normalized spacial score (nSPS) is 13.3. The Morgan fingerprint density at radius 3 is 1.44 bits per heavy atom. The van der Waals surface area contributed by atoms with Crippen LogP contribution in [0.4, 0.5) is 0 Å². The summed E-state index contributed by atoms with van der Waals surface area (Å²) in [6.07, 6.45) is 0.305. The minimum atomic E-state index is -1.31. The molecule has 6 N–H and O–H groups in total. The average molecular weight is 732 g/mol. The number of primary amides is 1. The summed E-state index contributed by atoms with van der Waals surface area (Å²) >= 11 is 0. The maximum atomic E-state index is 13.7. The van der Waals surface area contributed by atoms with Crippen LogP contribution in [-0.4, -0.2) is 59.5 Å². The summed E-state index contributed by atoms with van der Waals surface area (Å²) in [7, 11) is 0. The zero-order valence-corrected chi connectivity index (χ0v) is 31.1. The average Bonchev–Trinajstić information content (AvgIpc) is 3.14. The molecule has 5 amide bonds. The molecular weight excluding hydrogens is 683 g/mol. The number of hydrogen-bond donors (Lipinski definition) is 5. The van der Waals surface area contributed by atoms with E-state index in [4.69, 9.17) is 5.73 Å². The third kappa shape index (κ3) is 12.5. The molecule has 282 valence electrons. The lowest BCUT2D eigenvalue weighted by atomic mass is 9.86. The van der Waals surface area contributed by atoms with Gasteiger partial charge < -0.3 is 27.0 Å². The summed E-state index contributed by atoms with van der Waals surface area (Å²) in [5, 5.41) is 10.5. The number of Topliss-reactive ketones (excluding diaryl/α,β-unsaturated/α-hetero) is 1. The topological polar surface area (TPSA) is 177 Å². The van der Waals surface area contributed by atoms with Gasteiger partial charge in [0.25, 0.3) is 5.91 Å². The van der Waals surface area contributed by atoms with Crippen LogP contribution in [0.5, 0.6) is 0 Å². The molecule has 4 unspecified atom stereocenters. The molecule has 0 aromatic heterocycles. The lowest BCUT2D eigenvalue weighted by Crippen LogP contribution is -2.57. The molecule has 4 atom stereocenters. The number of ketones is 1. The first kappa shape index (κ1) is 40.7. The predicted octanol–water partition coefficient (Wildman–Crippen LogP) is 3.27. The zero-order valence-electron chi connectivity index (χ0n) is 31.1. The van der Waals surface area contributed by atoms with Gasteiger partial charge in [0.2, 0.25) is 29.4 Å². The highest BCUT2D eigenvalue weighted by Crippen LogP contribution is 2.22. The first-order valence-corrected chi connectivity index (χ1v) is 17.9. The summed E-state index contributed by atoms with van der Waals surface area (Å²) in [5.74, 6) is -4.64. The Bertz CT molecular complexity index is 1890. The van der Waals surface area contributed by atoms with E-state index in [1.54, 1.807) is 42.5 Å². The highest BCUT2D eigenvalue weighted by Gasteiger charge is 2.32. The van der Waals surface area contributed by atoms with Crippen LogP contribution in [0.15, 0.2) is 115 Å². The first-order chi connectivity index (χ1) is 25.7. The molecule has 4 aromatic carbocycles. The van der Waals surface area contributed by atoms with Gasteiger partial charge in [-0.1, -0.05) is 136 Å². The summed E-state index contributed by atoms with van der Waals surface area (Å²) in [6.45, 7) is 7.62. The fraction of sp³-hybridized carbons (Fsp3) is 0.302. The Labute approximate surface area is 316 Å². The van der Waals surface area contributed by atoms with Gasteiger partial charge in [-0.2, -0.15) is 0 Å². The van der Waals surface area contributed by atoms with E-state index in [2.05, 4.69) is 42.0 Å². The number of nitrogens with two attached hydrogens (primary N) is 1. The predicted molar refractivity (Wildman–Crippen MR) is 207 cm³/mol. The van der Waals surface area contributed by atoms with Crippen molar-refractivity contribution in [2.45, 2.75) is 83.0 Å². The standard InChI is InChI=1S/C43H49N5O6/c1-28(45-40(52)35(25-29-14-8-5-9-15-29)46-37(49)27-31-18-12-7-13-19-31)38(50)42(54)48-36(26-30-16-10-6-11-17-30)41(53)47-34(39(44)51)24-32-20-22-33(23-21-32)43(2,3)4/h5-23,28,34-36H,24-27H2,1-4H3,(H2,44,51)(H,45,52)(H,46,49)(H,47,53)(H,48,54). The van der Waals surface area contributed by atoms with Crippen molar-refractivity contribution in [1.82, 2.24) is 21.3 Å². The van der Waals surface area contributed by atoms with Gasteiger partial charge in [0.1, 0.15) is 18.1 Å². The number of amides is 5. The lowest BCUT2D eigenvalue weighted by Gasteiger charge is -2.24. The van der Waals surface area contributed by atoms with Gasteiger partial charge in [-0.15, -0.1) is 0 Å². The highest BCUT2D eigenvalue weighted by molar-refractivity contribution is 6.38. The third-order valence-electron chi connectivity index (χ3n) is 8.94. The molecule has 0 heterocycles. The summed E-state index contributed by atoms with van der Waals surface area (Å²) in [6, 6.07) is 30.0. The molecule has 0 aliphatic heterocycles. The van der Waals surface area contributed by atoms with Crippen molar-refractivity contribution < 1.29 is 28.8 Å². The molecule has 4 aromatic rings. The smallest absolute Gasteiger partial charge is 0.290 e. The molecule has 0 saturated carbocycles. The van der Waals surface area contributed by atoms with Crippen LogP contribution in [0.3, 0.4) is 0 Å². The number of nitrogens with one attached hydrogen (secondary N) is 4. The molecule has 0 saturated heterocycles. The van der Waals surface area contributed by atoms with Crippen LogP contribution in [0.1, 0.15) is 55.5 Å². The fourth-order valence-corrected chi connectivity index (χ4v) is 5.82. The maximum Gasteiger partial charge on any atom is 0.290 e. The summed E-state index contributed by atoms with van der Waals surface area (Å²) in [4.78, 5) is 79.4. The van der Waals surface area contributed by atoms with Gasteiger partial charge in [0.15, 0.2) is 0 Å². The quantitative estimate of drug-likeness (QED) is 0.104. The molecule has 11 heteroatoms. The van der Waals surface area contributed by atoms with E-state index in [0.717, 1.165) is 22.3 Å². The fourth-order valence-electron chi connectivity index (χ4n) is 5.82. The van der Waals surface area contributed by atoms with Crippen molar-refractivity contribution in [3.05, 3.63) is 143 Å². The largest absolute Gasteiger partial charge is 0.368 e. The van der Waals surface area contributed by atoms with E-state index in [9.17, 15) is 28.8 Å². The third-order valence-corrected chi connectivity index (χ3v) is 8.94. The number of carbonyl (C=O) groups excluding carboxylic acids is 6. The van der Waals surface area contributed by atoms with Crippen LogP contribution < -0.4 is 27.0 Å². The zero-order chi connectivity index (χ0) is 39.3. The Balaban J connectivity index is 1.45. The van der Waals surface area contributed by atoms with E-state index in [-0.39, 0.29) is 37.0 Å². The van der Waals surface area contributed by atoms with Crippen molar-refractivity contribution in [2.75, 3.05) is 0 Å². The second-order valence-corrected chi connectivity index (χ2v) is 14.4. The van der Waals surface area contributed by atoms with E-state index in [1.165, 1.54) is 6.92 Å². The minimum absolute atomic E-state index is 0.00475. The van der Waals surface area contributed by atoms with Crippen molar-refractivity contribution in [1.29, 1.82) is 0 Å². The highest BCUT2D eigenvalue weighted by atomic mass is 16.2. The van der Waals surface area contributed by atoms with Crippen molar-refractivity contribution in [2.24, 2.45) is 5.73 Å². The van der Waals surface area contributed by atoms with E-state index >= 15 is 0 Å². The van der Waals surface area contributed by atoms with Crippen LogP contribution >= 0.6 is 0 Å². The first-order valence-electron chi connectivity index (χ1n) is 17.9. The number of carbonyl (C=O) groups is 6. The van der Waals surface area contributed by atoms with Crippen LogP contribution in [-0.2, 0) is 59.9 Å². The Hall–Kier alpha value is -6.10. The molecule has 0 aliphatic carbocycles. The summed E-state index contributed by atoms with van der Waals surface area (Å²) < 4.78 is 0. The molecule has 0 bridgehead atoms. The Morgan fingerprint density at radius 1 is 0.537 bits per heavy atom. The van der Waals surface area contributed by atoms with Gasteiger partial charge in [-0.3, -0.25) is 28.8 Å². The lowest BCUT2D eigenvalue weighted by molar-refractivity contribution is -0.141. The molecule has 0 radical (unpaired) electrons. The Kier molecular flexibility index (Phi) is 14.4. The monoisotopic (exact) mass is 731 g/mol. The van der Waals surface area contributed by atoms with Crippen molar-refractivity contribution in [3.63, 3.8) is 0 Å². The van der Waals surface area contributed by atoms with Gasteiger partial charge >= 0.3 is 0 Å². The van der Waals surface area contributed by atoms with E-state index in [0.29, 0.717) is 5.56 Å². The molecule has 11 nitrogen and oxygen atoms in total. The van der Waals surface area contributed by atoms with Gasteiger partial charge in [-0.05, 0) is 40.2 Å². The van der Waals surface area contributed by atoms with Gasteiger partial charge in [-0.25, -0.2) is 0 Å². The second kappa shape index (κ2) is 19.1. The van der Waals surface area contributed by atoms with Crippen LogP contribution in [0.2, 0.25) is 0 Å². The number of benzene rings is 4. The van der Waals surface area contributed by atoms with Crippen molar-refractivity contribution in [3.8, 4) is 0 Å².